The number of carbonyl (C=O) groups is 2. The molecule has 1 aromatic heterocycles. The maximum atomic E-state index is 12.1. The van der Waals surface area contributed by atoms with E-state index in [1.807, 2.05) is 19.1 Å². The smallest absolute Gasteiger partial charge is 0.374 e. The van der Waals surface area contributed by atoms with Crippen LogP contribution in [0.25, 0.3) is 0 Å². The highest BCUT2D eigenvalue weighted by atomic mass is 16.6. The van der Waals surface area contributed by atoms with Crippen LogP contribution in [0.3, 0.4) is 0 Å². The van der Waals surface area contributed by atoms with Crippen LogP contribution in [-0.2, 0) is 4.74 Å². The van der Waals surface area contributed by atoms with Crippen molar-refractivity contribution in [2.45, 2.75) is 20.0 Å². The first-order chi connectivity index (χ1) is 9.08. The summed E-state index contributed by atoms with van der Waals surface area (Å²) in [5.74, 6) is -0.790. The van der Waals surface area contributed by atoms with Gasteiger partial charge >= 0.3 is 5.97 Å². The van der Waals surface area contributed by atoms with E-state index in [2.05, 4.69) is 0 Å². The monoisotopic (exact) mass is 258 g/mol. The third-order valence-corrected chi connectivity index (χ3v) is 2.71. The lowest BCUT2D eigenvalue weighted by atomic mass is 10.1. The van der Waals surface area contributed by atoms with E-state index >= 15 is 0 Å². The Hall–Kier alpha value is -2.36. The van der Waals surface area contributed by atoms with Crippen LogP contribution in [0.15, 0.2) is 47.1 Å². The molecular weight excluding hydrogens is 244 g/mol. The highest BCUT2D eigenvalue weighted by Crippen LogP contribution is 2.11. The molecule has 4 heteroatoms. The standard InChI is InChI=1S/C15H14O4/c1-10-5-7-12(8-6-10)14(16)11(2)19-15(17)13-4-3-9-18-13/h3-9,11H,1-2H3. The Kier molecular flexibility index (Phi) is 3.80. The quantitative estimate of drug-likeness (QED) is 0.624. The number of rotatable bonds is 4. The average molecular weight is 258 g/mol. The second kappa shape index (κ2) is 5.52. The van der Waals surface area contributed by atoms with Gasteiger partial charge in [-0.25, -0.2) is 4.79 Å². The van der Waals surface area contributed by atoms with Gasteiger partial charge in [0.15, 0.2) is 6.10 Å². The molecular formula is C15H14O4. The van der Waals surface area contributed by atoms with E-state index < -0.39 is 12.1 Å². The van der Waals surface area contributed by atoms with Crippen LogP contribution in [0.4, 0.5) is 0 Å². The van der Waals surface area contributed by atoms with Gasteiger partial charge in [0.1, 0.15) is 0 Å². The van der Waals surface area contributed by atoms with Gasteiger partial charge in [-0.3, -0.25) is 4.79 Å². The summed E-state index contributed by atoms with van der Waals surface area (Å²) in [6, 6.07) is 10.2. The van der Waals surface area contributed by atoms with Crippen LogP contribution in [0.1, 0.15) is 33.4 Å². The summed E-state index contributed by atoms with van der Waals surface area (Å²) in [5.41, 5.74) is 1.59. The number of carbonyl (C=O) groups excluding carboxylic acids is 2. The molecule has 0 amide bonds. The minimum absolute atomic E-state index is 0.0866. The number of Topliss-reactive ketones (excluding diaryl/α,β-unsaturated/α-hetero) is 1. The molecule has 19 heavy (non-hydrogen) atoms. The molecule has 0 aliphatic carbocycles. The van der Waals surface area contributed by atoms with E-state index in [1.165, 1.54) is 12.3 Å². The summed E-state index contributed by atoms with van der Waals surface area (Å²) >= 11 is 0. The molecule has 0 saturated carbocycles. The van der Waals surface area contributed by atoms with Crippen LogP contribution in [-0.4, -0.2) is 17.9 Å². The molecule has 2 aromatic rings. The van der Waals surface area contributed by atoms with Gasteiger partial charge in [0.25, 0.3) is 0 Å². The van der Waals surface area contributed by atoms with Gasteiger partial charge in [0.2, 0.25) is 11.5 Å². The van der Waals surface area contributed by atoms with Crippen molar-refractivity contribution in [2.75, 3.05) is 0 Å². The number of furan rings is 1. The molecule has 2 rings (SSSR count). The van der Waals surface area contributed by atoms with Crippen molar-refractivity contribution < 1.29 is 18.7 Å². The fraction of sp³-hybridized carbons (Fsp3) is 0.200. The molecule has 0 spiro atoms. The molecule has 4 nitrogen and oxygen atoms in total. The third kappa shape index (κ3) is 3.10. The Morgan fingerprint density at radius 3 is 2.42 bits per heavy atom. The molecule has 0 N–H and O–H groups in total. The van der Waals surface area contributed by atoms with Gasteiger partial charge in [-0.1, -0.05) is 29.8 Å². The number of benzene rings is 1. The zero-order chi connectivity index (χ0) is 13.8. The minimum Gasteiger partial charge on any atom is -0.457 e. The lowest BCUT2D eigenvalue weighted by Gasteiger charge is -2.11. The Bertz CT molecular complexity index is 567. The largest absolute Gasteiger partial charge is 0.457 e. The topological polar surface area (TPSA) is 56.5 Å². The first-order valence-corrected chi connectivity index (χ1v) is 5.93. The number of ketones is 1. The van der Waals surface area contributed by atoms with E-state index in [1.54, 1.807) is 25.1 Å². The zero-order valence-corrected chi connectivity index (χ0v) is 10.8. The zero-order valence-electron chi connectivity index (χ0n) is 10.8. The normalized spacial score (nSPS) is 11.9. The SMILES string of the molecule is Cc1ccc(C(=O)C(C)OC(=O)c2ccco2)cc1. The summed E-state index contributed by atoms with van der Waals surface area (Å²) in [6.45, 7) is 3.48. The molecule has 0 saturated heterocycles. The Morgan fingerprint density at radius 2 is 1.84 bits per heavy atom. The molecule has 0 aliphatic rings. The first-order valence-electron chi connectivity index (χ1n) is 5.93. The number of aryl methyl sites for hydroxylation is 1. The predicted octanol–water partition coefficient (Wildman–Crippen LogP) is 3.02. The highest BCUT2D eigenvalue weighted by molar-refractivity contribution is 6.01. The van der Waals surface area contributed by atoms with Crippen LogP contribution < -0.4 is 0 Å². The van der Waals surface area contributed by atoms with E-state index in [0.29, 0.717) is 5.56 Å². The van der Waals surface area contributed by atoms with Gasteiger partial charge in [-0.2, -0.15) is 0 Å². The summed E-state index contributed by atoms with van der Waals surface area (Å²) < 4.78 is 9.97. The van der Waals surface area contributed by atoms with Crippen LogP contribution >= 0.6 is 0 Å². The Labute approximate surface area is 111 Å². The lowest BCUT2D eigenvalue weighted by molar-refractivity contribution is 0.0289. The molecule has 0 radical (unpaired) electrons. The molecule has 0 aliphatic heterocycles. The fourth-order valence-electron chi connectivity index (χ4n) is 1.62. The molecule has 98 valence electrons. The van der Waals surface area contributed by atoms with Crippen molar-refractivity contribution in [3.05, 3.63) is 59.5 Å². The second-order valence-corrected chi connectivity index (χ2v) is 4.26. The molecule has 0 fully saturated rings. The van der Waals surface area contributed by atoms with E-state index in [9.17, 15) is 9.59 Å². The number of ether oxygens (including phenoxy) is 1. The fourth-order valence-corrected chi connectivity index (χ4v) is 1.62. The summed E-state index contributed by atoms with van der Waals surface area (Å²) in [4.78, 5) is 23.7. The highest BCUT2D eigenvalue weighted by Gasteiger charge is 2.21. The Balaban J connectivity index is 2.03. The van der Waals surface area contributed by atoms with Crippen LogP contribution in [0.2, 0.25) is 0 Å². The molecule has 0 bridgehead atoms. The van der Waals surface area contributed by atoms with E-state index in [4.69, 9.17) is 9.15 Å². The maximum Gasteiger partial charge on any atom is 0.374 e. The summed E-state index contributed by atoms with van der Waals surface area (Å²) in [6.07, 6.45) is 0.531. The van der Waals surface area contributed by atoms with Crippen molar-refractivity contribution in [3.63, 3.8) is 0 Å². The van der Waals surface area contributed by atoms with Gasteiger partial charge in [-0.15, -0.1) is 0 Å². The maximum absolute atomic E-state index is 12.1. The van der Waals surface area contributed by atoms with Crippen LogP contribution in [0.5, 0.6) is 0 Å². The summed E-state index contributed by atoms with van der Waals surface area (Å²) in [7, 11) is 0. The molecule has 1 unspecified atom stereocenters. The van der Waals surface area contributed by atoms with Gasteiger partial charge < -0.3 is 9.15 Å². The van der Waals surface area contributed by atoms with Crippen molar-refractivity contribution in [1.82, 2.24) is 0 Å². The molecule has 1 aromatic carbocycles. The van der Waals surface area contributed by atoms with Crippen molar-refractivity contribution in [1.29, 1.82) is 0 Å². The van der Waals surface area contributed by atoms with Crippen LogP contribution in [0, 0.1) is 6.92 Å². The molecule has 1 atom stereocenters. The number of hydrogen-bond acceptors (Lipinski definition) is 4. The lowest BCUT2D eigenvalue weighted by Crippen LogP contribution is -2.24. The second-order valence-electron chi connectivity index (χ2n) is 4.26. The van der Waals surface area contributed by atoms with Crippen molar-refractivity contribution in [2.24, 2.45) is 0 Å². The minimum atomic E-state index is -0.847. The van der Waals surface area contributed by atoms with Gasteiger partial charge in [-0.05, 0) is 26.0 Å². The van der Waals surface area contributed by atoms with E-state index in [-0.39, 0.29) is 11.5 Å². The third-order valence-electron chi connectivity index (χ3n) is 2.71. The van der Waals surface area contributed by atoms with E-state index in [0.717, 1.165) is 5.56 Å². The van der Waals surface area contributed by atoms with Crippen molar-refractivity contribution >= 4 is 11.8 Å². The van der Waals surface area contributed by atoms with Gasteiger partial charge in [0.05, 0.1) is 6.26 Å². The first kappa shape index (κ1) is 13.1. The number of hydrogen-bond donors (Lipinski definition) is 0. The van der Waals surface area contributed by atoms with Gasteiger partial charge in [0, 0.05) is 5.56 Å². The summed E-state index contributed by atoms with van der Waals surface area (Å²) in [5, 5.41) is 0. The Morgan fingerprint density at radius 1 is 1.16 bits per heavy atom. The number of esters is 1. The van der Waals surface area contributed by atoms with Crippen molar-refractivity contribution in [3.8, 4) is 0 Å². The predicted molar refractivity (Wildman–Crippen MR) is 69.1 cm³/mol. The molecule has 1 heterocycles. The average Bonchev–Trinajstić information content (AvgIpc) is 2.92.